The Morgan fingerprint density at radius 2 is 2.29 bits per heavy atom. The third-order valence-electron chi connectivity index (χ3n) is 1.51. The van der Waals surface area contributed by atoms with Crippen molar-refractivity contribution in [2.75, 3.05) is 5.75 Å². The fraction of sp³-hybridized carbons (Fsp3) is 0.100. The van der Waals surface area contributed by atoms with Crippen molar-refractivity contribution in [2.45, 2.75) is 0 Å². The molecule has 0 radical (unpaired) electrons. The molecule has 1 aromatic rings. The van der Waals surface area contributed by atoms with Gasteiger partial charge in [-0.05, 0) is 18.2 Å². The Morgan fingerprint density at radius 1 is 1.57 bits per heavy atom. The molecule has 1 N–H and O–H groups in total. The quantitative estimate of drug-likeness (QED) is 0.570. The van der Waals surface area contributed by atoms with Crippen LogP contribution in [0.3, 0.4) is 0 Å². The minimum absolute atomic E-state index is 0.156. The molecule has 0 spiro atoms. The van der Waals surface area contributed by atoms with E-state index in [2.05, 4.69) is 24.5 Å². The Bertz CT molecular complexity index is 418. The molecule has 4 heteroatoms. The van der Waals surface area contributed by atoms with Crippen LogP contribution >= 0.6 is 24.2 Å². The molecule has 1 rings (SSSR count). The maximum Gasteiger partial charge on any atom is 0.336 e. The van der Waals surface area contributed by atoms with E-state index in [1.165, 1.54) is 18.2 Å². The van der Waals surface area contributed by atoms with Crippen molar-refractivity contribution in [1.82, 2.24) is 0 Å². The average Bonchev–Trinajstić information content (AvgIpc) is 2.14. The van der Waals surface area contributed by atoms with E-state index in [-0.39, 0.29) is 5.56 Å². The van der Waals surface area contributed by atoms with E-state index in [0.717, 1.165) is 0 Å². The lowest BCUT2D eigenvalue weighted by Gasteiger charge is -1.98. The van der Waals surface area contributed by atoms with Crippen LogP contribution in [-0.2, 0) is 0 Å². The van der Waals surface area contributed by atoms with Crippen LogP contribution in [-0.4, -0.2) is 16.8 Å². The molecule has 0 heterocycles. The fourth-order valence-electron chi connectivity index (χ4n) is 0.941. The normalized spacial score (nSPS) is 9.00. The highest BCUT2D eigenvalue weighted by Gasteiger charge is 2.07. The minimum Gasteiger partial charge on any atom is -0.478 e. The molecule has 2 nitrogen and oxygen atoms in total. The van der Waals surface area contributed by atoms with Gasteiger partial charge in [0.05, 0.1) is 11.3 Å². The van der Waals surface area contributed by atoms with E-state index in [1.807, 2.05) is 0 Å². The largest absolute Gasteiger partial charge is 0.478 e. The summed E-state index contributed by atoms with van der Waals surface area (Å²) < 4.78 is 0. The summed E-state index contributed by atoms with van der Waals surface area (Å²) >= 11 is 9.63. The summed E-state index contributed by atoms with van der Waals surface area (Å²) in [6.45, 7) is 0. The van der Waals surface area contributed by atoms with E-state index in [4.69, 9.17) is 16.7 Å². The van der Waals surface area contributed by atoms with Gasteiger partial charge in [0, 0.05) is 10.6 Å². The van der Waals surface area contributed by atoms with Crippen molar-refractivity contribution in [3.63, 3.8) is 0 Å². The molecular weight excluding hydrogens is 220 g/mol. The first kappa shape index (κ1) is 11.0. The molecule has 0 aliphatic rings. The number of rotatable bonds is 1. The first-order chi connectivity index (χ1) is 6.65. The Hall–Kier alpha value is -1.11. The summed E-state index contributed by atoms with van der Waals surface area (Å²) in [5.41, 5.74) is 0.572. The lowest BCUT2D eigenvalue weighted by atomic mass is 10.1. The molecule has 0 unspecified atom stereocenters. The van der Waals surface area contributed by atoms with Crippen LogP contribution in [0, 0.1) is 11.8 Å². The summed E-state index contributed by atoms with van der Waals surface area (Å²) in [6, 6.07) is 4.49. The van der Waals surface area contributed by atoms with Gasteiger partial charge in [0.15, 0.2) is 0 Å². The van der Waals surface area contributed by atoms with Gasteiger partial charge in [-0.15, -0.1) is 0 Å². The fourth-order valence-corrected chi connectivity index (χ4v) is 1.19. The summed E-state index contributed by atoms with van der Waals surface area (Å²) in [6.07, 6.45) is 0. The topological polar surface area (TPSA) is 37.3 Å². The lowest BCUT2D eigenvalue weighted by Crippen LogP contribution is -1.99. The standard InChI is InChI=1S/C10H7ClO2S/c11-8-3-4-9(10(12)13)7(6-8)2-1-5-14/h3-4,6,14H,5H2,(H,12,13). The lowest BCUT2D eigenvalue weighted by molar-refractivity contribution is 0.0696. The molecule has 0 aliphatic carbocycles. The van der Waals surface area contributed by atoms with Crippen LogP contribution < -0.4 is 0 Å². The van der Waals surface area contributed by atoms with Gasteiger partial charge in [-0.25, -0.2) is 4.79 Å². The molecule has 72 valence electrons. The van der Waals surface area contributed by atoms with Gasteiger partial charge in [0.1, 0.15) is 0 Å². The molecule has 0 atom stereocenters. The number of halogens is 1. The van der Waals surface area contributed by atoms with Gasteiger partial charge in [-0.2, -0.15) is 12.6 Å². The number of thiol groups is 1. The molecule has 0 fully saturated rings. The molecule has 0 saturated carbocycles. The SMILES string of the molecule is O=C(O)c1ccc(Cl)cc1C#CCS. The van der Waals surface area contributed by atoms with E-state index in [9.17, 15) is 4.79 Å². The Morgan fingerprint density at radius 3 is 2.86 bits per heavy atom. The number of hydrogen-bond acceptors (Lipinski definition) is 2. The zero-order chi connectivity index (χ0) is 10.6. The number of aromatic carboxylic acids is 1. The highest BCUT2D eigenvalue weighted by atomic mass is 35.5. The van der Waals surface area contributed by atoms with Crippen LogP contribution in [0.4, 0.5) is 0 Å². The summed E-state index contributed by atoms with van der Waals surface area (Å²) in [7, 11) is 0. The third kappa shape index (κ3) is 2.69. The van der Waals surface area contributed by atoms with Crippen molar-refractivity contribution < 1.29 is 9.90 Å². The van der Waals surface area contributed by atoms with Crippen LogP contribution in [0.15, 0.2) is 18.2 Å². The van der Waals surface area contributed by atoms with E-state index in [1.54, 1.807) is 0 Å². The highest BCUT2D eigenvalue weighted by molar-refractivity contribution is 7.80. The predicted octanol–water partition coefficient (Wildman–Crippen LogP) is 2.32. The second-order valence-electron chi connectivity index (χ2n) is 2.45. The Balaban J connectivity index is 3.22. The third-order valence-corrected chi connectivity index (χ3v) is 1.91. The zero-order valence-electron chi connectivity index (χ0n) is 7.12. The van der Waals surface area contributed by atoms with Crippen molar-refractivity contribution in [3.8, 4) is 11.8 Å². The van der Waals surface area contributed by atoms with Crippen molar-refractivity contribution in [2.24, 2.45) is 0 Å². The molecule has 0 aliphatic heterocycles. The van der Waals surface area contributed by atoms with Crippen LogP contribution in [0.5, 0.6) is 0 Å². The number of carbonyl (C=O) groups is 1. The van der Waals surface area contributed by atoms with Crippen LogP contribution in [0.2, 0.25) is 5.02 Å². The summed E-state index contributed by atoms with van der Waals surface area (Å²) in [5, 5.41) is 9.30. The van der Waals surface area contributed by atoms with E-state index >= 15 is 0 Å². The van der Waals surface area contributed by atoms with Crippen LogP contribution in [0.25, 0.3) is 0 Å². The second-order valence-corrected chi connectivity index (χ2v) is 3.21. The molecule has 1 aromatic carbocycles. The first-order valence-corrected chi connectivity index (χ1v) is 4.78. The van der Waals surface area contributed by atoms with Gasteiger partial charge in [-0.3, -0.25) is 0 Å². The number of carboxylic acids is 1. The monoisotopic (exact) mass is 226 g/mol. The van der Waals surface area contributed by atoms with Gasteiger partial charge in [0.25, 0.3) is 0 Å². The predicted molar refractivity (Wildman–Crippen MR) is 59.1 cm³/mol. The van der Waals surface area contributed by atoms with Gasteiger partial charge >= 0.3 is 5.97 Å². The van der Waals surface area contributed by atoms with E-state index in [0.29, 0.717) is 16.3 Å². The number of hydrogen-bond donors (Lipinski definition) is 2. The molecular formula is C10H7ClO2S. The van der Waals surface area contributed by atoms with Gasteiger partial charge < -0.3 is 5.11 Å². The second kappa shape index (κ2) is 4.94. The smallest absolute Gasteiger partial charge is 0.336 e. The maximum atomic E-state index is 10.8. The van der Waals surface area contributed by atoms with Gasteiger partial charge in [-0.1, -0.05) is 23.4 Å². The van der Waals surface area contributed by atoms with Gasteiger partial charge in [0.2, 0.25) is 0 Å². The van der Waals surface area contributed by atoms with Crippen molar-refractivity contribution in [3.05, 3.63) is 34.3 Å². The molecule has 0 saturated heterocycles. The average molecular weight is 227 g/mol. The summed E-state index contributed by atoms with van der Waals surface area (Å²) in [5.74, 6) is 4.74. The molecule has 14 heavy (non-hydrogen) atoms. The zero-order valence-corrected chi connectivity index (χ0v) is 8.77. The van der Waals surface area contributed by atoms with Crippen molar-refractivity contribution >= 4 is 30.2 Å². The Labute approximate surface area is 92.3 Å². The number of carboxylic acid groups (broad SMARTS) is 1. The highest BCUT2D eigenvalue weighted by Crippen LogP contribution is 2.15. The van der Waals surface area contributed by atoms with E-state index < -0.39 is 5.97 Å². The maximum absolute atomic E-state index is 10.8. The molecule has 0 aromatic heterocycles. The Kier molecular flexibility index (Phi) is 3.87. The first-order valence-electron chi connectivity index (χ1n) is 3.77. The van der Waals surface area contributed by atoms with Crippen LogP contribution in [0.1, 0.15) is 15.9 Å². The summed E-state index contributed by atoms with van der Waals surface area (Å²) in [4.78, 5) is 10.8. The molecule has 0 amide bonds. The number of benzene rings is 1. The minimum atomic E-state index is -1.01. The van der Waals surface area contributed by atoms with Crippen molar-refractivity contribution in [1.29, 1.82) is 0 Å². The molecule has 0 bridgehead atoms.